The van der Waals surface area contributed by atoms with Crippen LogP contribution in [0.1, 0.15) is 96.7 Å². The minimum absolute atomic E-state index is 0.153. The lowest BCUT2D eigenvalue weighted by molar-refractivity contribution is -0.137. The fourth-order valence-corrected chi connectivity index (χ4v) is 10.6. The van der Waals surface area contributed by atoms with Gasteiger partial charge in [0.1, 0.15) is 17.6 Å². The Bertz CT molecular complexity index is 2460. The summed E-state index contributed by atoms with van der Waals surface area (Å²) in [4.78, 5) is 74.8. The normalized spacial score (nSPS) is 22.6. The van der Waals surface area contributed by atoms with Crippen molar-refractivity contribution in [2.75, 3.05) is 39.3 Å². The third kappa shape index (κ3) is 5.28. The van der Waals surface area contributed by atoms with Gasteiger partial charge in [0.2, 0.25) is 17.7 Å². The molecular formula is C43H43ClN6O6. The van der Waals surface area contributed by atoms with Gasteiger partial charge in [-0.3, -0.25) is 38.8 Å². The van der Waals surface area contributed by atoms with E-state index in [-0.39, 0.29) is 41.7 Å². The van der Waals surface area contributed by atoms with Crippen LogP contribution in [0.25, 0.3) is 16.6 Å². The van der Waals surface area contributed by atoms with E-state index in [0.29, 0.717) is 54.6 Å². The lowest BCUT2D eigenvalue weighted by Gasteiger charge is -2.40. The highest BCUT2D eigenvalue weighted by Gasteiger charge is 2.48. The maximum Gasteiger partial charge on any atom is 0.282 e. The number of carbonyl (C=O) groups is 4. The van der Waals surface area contributed by atoms with Gasteiger partial charge in [-0.05, 0) is 100 Å². The number of likely N-dealkylation sites (tertiary alicyclic amines) is 2. The van der Waals surface area contributed by atoms with Gasteiger partial charge in [-0.15, -0.1) is 0 Å². The molecule has 0 bridgehead atoms. The van der Waals surface area contributed by atoms with E-state index in [4.69, 9.17) is 16.3 Å². The number of amides is 4. The SMILES string of the molecule is CC1(C)c2ccc(C3CCN(CC(=O)N4CCC5(CC4)COc4c5ccc5c4CN([C@H]4CCC(=O)NC4=O)C5=O)CC3)cc2-n2c1nc(=O)c1c(Cl)cccc12. The van der Waals surface area contributed by atoms with Gasteiger partial charge in [-0.2, -0.15) is 4.98 Å². The molecule has 3 aromatic carbocycles. The number of halogens is 1. The predicted molar refractivity (Wildman–Crippen MR) is 208 cm³/mol. The molecule has 12 nitrogen and oxygen atoms in total. The Morgan fingerprint density at radius 1 is 0.964 bits per heavy atom. The average Bonchev–Trinajstić information content (AvgIpc) is 3.79. The molecule has 1 N–H and O–H groups in total. The Balaban J connectivity index is 0.780. The van der Waals surface area contributed by atoms with Crippen molar-refractivity contribution >= 4 is 46.1 Å². The van der Waals surface area contributed by atoms with Gasteiger partial charge < -0.3 is 14.5 Å². The average molecular weight is 775 g/mol. The van der Waals surface area contributed by atoms with Crippen LogP contribution >= 0.6 is 11.6 Å². The van der Waals surface area contributed by atoms with Crippen molar-refractivity contribution in [1.82, 2.24) is 29.6 Å². The zero-order chi connectivity index (χ0) is 38.7. The van der Waals surface area contributed by atoms with E-state index in [0.717, 1.165) is 78.2 Å². The molecule has 7 heterocycles. The summed E-state index contributed by atoms with van der Waals surface area (Å²) in [7, 11) is 0. The standard InChI is InChI=1S/C43H43ClN6O6/c1-42(2)28-8-6-25(20-33(28)50-31-5-3-4-30(44)36(31)39(54)46-41(42)50)24-12-16-47(17-13-24)22-35(52)48-18-14-43(15-19-48)23-56-37-27-21-49(32-10-11-34(51)45-38(32)53)40(55)26(27)7-9-29(37)43/h3-9,20,24,32H,10-19,21-23H2,1-2H3,(H,45,51,53)/t32-/m0/s1. The molecule has 4 amide bonds. The summed E-state index contributed by atoms with van der Waals surface area (Å²) >= 11 is 6.50. The fourth-order valence-electron chi connectivity index (χ4n) is 10.3. The smallest absolute Gasteiger partial charge is 0.282 e. The lowest BCUT2D eigenvalue weighted by atomic mass is 9.74. The van der Waals surface area contributed by atoms with Crippen LogP contribution in [0.5, 0.6) is 5.75 Å². The molecule has 0 unspecified atom stereocenters. The monoisotopic (exact) mass is 774 g/mol. The molecule has 3 fully saturated rings. The fraction of sp³-hybridized carbons (Fsp3) is 0.442. The van der Waals surface area contributed by atoms with Crippen LogP contribution in [0.4, 0.5) is 0 Å². The van der Waals surface area contributed by atoms with E-state index in [1.54, 1.807) is 11.0 Å². The van der Waals surface area contributed by atoms with E-state index in [9.17, 15) is 24.0 Å². The Kier molecular flexibility index (Phi) is 8.03. The Morgan fingerprint density at radius 2 is 1.73 bits per heavy atom. The molecule has 3 saturated heterocycles. The number of ether oxygens (including phenoxy) is 1. The summed E-state index contributed by atoms with van der Waals surface area (Å²) < 4.78 is 8.45. The number of hydrogen-bond acceptors (Lipinski definition) is 8. The number of nitrogens with zero attached hydrogens (tertiary/aromatic N) is 5. The molecule has 1 spiro atoms. The summed E-state index contributed by atoms with van der Waals surface area (Å²) in [5.74, 6) is 1.04. The van der Waals surface area contributed by atoms with E-state index in [1.807, 2.05) is 29.2 Å². The van der Waals surface area contributed by atoms with Crippen LogP contribution in [0.2, 0.25) is 5.02 Å². The second kappa shape index (κ2) is 12.7. The van der Waals surface area contributed by atoms with Crippen LogP contribution in [0, 0.1) is 0 Å². The van der Waals surface area contributed by atoms with Crippen LogP contribution in [-0.4, -0.2) is 93.3 Å². The summed E-state index contributed by atoms with van der Waals surface area (Å²) in [6, 6.07) is 15.4. The Hall–Kier alpha value is -5.07. The Morgan fingerprint density at radius 3 is 2.50 bits per heavy atom. The number of hydrogen-bond donors (Lipinski definition) is 1. The first-order chi connectivity index (χ1) is 26.9. The molecule has 288 valence electrons. The number of carbonyl (C=O) groups excluding carboxylic acids is 4. The van der Waals surface area contributed by atoms with Gasteiger partial charge in [-0.25, -0.2) is 0 Å². The van der Waals surface area contributed by atoms with Gasteiger partial charge in [-0.1, -0.05) is 35.9 Å². The minimum atomic E-state index is -0.670. The molecule has 0 radical (unpaired) electrons. The zero-order valence-corrected chi connectivity index (χ0v) is 32.3. The highest BCUT2D eigenvalue weighted by atomic mass is 35.5. The molecule has 4 aromatic rings. The number of nitrogens with one attached hydrogen (secondary N) is 1. The molecule has 10 rings (SSSR count). The van der Waals surface area contributed by atoms with Crippen molar-refractivity contribution in [3.8, 4) is 11.4 Å². The van der Waals surface area contributed by atoms with Crippen molar-refractivity contribution in [3.05, 3.63) is 97.5 Å². The first kappa shape index (κ1) is 35.4. The van der Waals surface area contributed by atoms with Crippen molar-refractivity contribution in [1.29, 1.82) is 0 Å². The van der Waals surface area contributed by atoms with Crippen molar-refractivity contribution in [2.24, 2.45) is 0 Å². The van der Waals surface area contributed by atoms with Crippen LogP contribution in [0.15, 0.2) is 53.3 Å². The van der Waals surface area contributed by atoms with Gasteiger partial charge in [0.25, 0.3) is 11.5 Å². The molecular weight excluding hydrogens is 732 g/mol. The molecule has 0 aliphatic carbocycles. The largest absolute Gasteiger partial charge is 0.492 e. The highest BCUT2D eigenvalue weighted by Crippen LogP contribution is 2.50. The van der Waals surface area contributed by atoms with Crippen LogP contribution in [-0.2, 0) is 31.8 Å². The Labute approximate surface area is 328 Å². The first-order valence-corrected chi connectivity index (χ1v) is 20.1. The number of fused-ring (bicyclic) bond motifs is 9. The molecule has 56 heavy (non-hydrogen) atoms. The molecule has 1 atom stereocenters. The van der Waals surface area contributed by atoms with Gasteiger partial charge in [0, 0.05) is 41.6 Å². The topological polar surface area (TPSA) is 134 Å². The lowest BCUT2D eigenvalue weighted by Crippen LogP contribution is -2.52. The molecule has 13 heteroatoms. The molecule has 0 saturated carbocycles. The van der Waals surface area contributed by atoms with Crippen molar-refractivity contribution < 1.29 is 23.9 Å². The van der Waals surface area contributed by atoms with Gasteiger partial charge in [0.15, 0.2) is 0 Å². The zero-order valence-electron chi connectivity index (χ0n) is 31.5. The number of aromatic nitrogens is 2. The summed E-state index contributed by atoms with van der Waals surface area (Å²) in [5, 5.41) is 3.22. The number of imide groups is 1. The third-order valence-electron chi connectivity index (χ3n) is 13.6. The maximum atomic E-state index is 13.7. The minimum Gasteiger partial charge on any atom is -0.492 e. The van der Waals surface area contributed by atoms with Crippen LogP contribution < -0.4 is 15.6 Å². The van der Waals surface area contributed by atoms with Crippen molar-refractivity contribution in [3.63, 3.8) is 0 Å². The number of piperidine rings is 3. The summed E-state index contributed by atoms with van der Waals surface area (Å²) in [6.45, 7) is 8.36. The van der Waals surface area contributed by atoms with E-state index < -0.39 is 17.4 Å². The van der Waals surface area contributed by atoms with Crippen LogP contribution in [0.3, 0.4) is 0 Å². The summed E-state index contributed by atoms with van der Waals surface area (Å²) in [5.41, 5.74) is 5.72. The molecule has 6 aliphatic rings. The highest BCUT2D eigenvalue weighted by molar-refractivity contribution is 6.35. The van der Waals surface area contributed by atoms with E-state index in [1.165, 1.54) is 5.56 Å². The summed E-state index contributed by atoms with van der Waals surface area (Å²) in [6.07, 6.45) is 3.98. The van der Waals surface area contributed by atoms with E-state index >= 15 is 0 Å². The number of benzene rings is 3. The first-order valence-electron chi connectivity index (χ1n) is 19.7. The molecule has 1 aromatic heterocycles. The van der Waals surface area contributed by atoms with Gasteiger partial charge >= 0.3 is 0 Å². The predicted octanol–water partition coefficient (Wildman–Crippen LogP) is 4.57. The van der Waals surface area contributed by atoms with Gasteiger partial charge in [0.05, 0.1) is 46.7 Å². The second-order valence-corrected chi connectivity index (χ2v) is 17.4. The quantitative estimate of drug-likeness (QED) is 0.299. The third-order valence-corrected chi connectivity index (χ3v) is 13.9. The van der Waals surface area contributed by atoms with E-state index in [2.05, 4.69) is 51.8 Å². The maximum absolute atomic E-state index is 13.7. The molecule has 6 aliphatic heterocycles. The number of rotatable bonds is 4. The van der Waals surface area contributed by atoms with Crippen molar-refractivity contribution in [2.45, 2.75) is 81.7 Å². The second-order valence-electron chi connectivity index (χ2n) is 17.0.